The zero-order valence-electron chi connectivity index (χ0n) is 13.4. The van der Waals surface area contributed by atoms with Gasteiger partial charge in [-0.25, -0.2) is 4.98 Å². The monoisotopic (exact) mass is 352 g/mol. The molecule has 1 aliphatic heterocycles. The van der Waals surface area contributed by atoms with Gasteiger partial charge in [-0.15, -0.1) is 11.3 Å². The van der Waals surface area contributed by atoms with Crippen LogP contribution >= 0.6 is 11.3 Å². The van der Waals surface area contributed by atoms with Crippen LogP contribution in [0.2, 0.25) is 0 Å². The average molecular weight is 352 g/mol. The molecule has 0 bridgehead atoms. The van der Waals surface area contributed by atoms with Crippen LogP contribution in [0.25, 0.3) is 10.6 Å². The largest absolute Gasteiger partial charge is 0.454 e. The molecule has 126 valence electrons. The summed E-state index contributed by atoms with van der Waals surface area (Å²) >= 11 is 1.40. The lowest BCUT2D eigenvalue weighted by atomic mass is 10.1. The van der Waals surface area contributed by atoms with Gasteiger partial charge in [0.2, 0.25) is 6.79 Å². The summed E-state index contributed by atoms with van der Waals surface area (Å²) in [7, 11) is 0. The third-order valence-corrected chi connectivity index (χ3v) is 4.93. The summed E-state index contributed by atoms with van der Waals surface area (Å²) in [6.07, 6.45) is 2.36. The van der Waals surface area contributed by atoms with E-state index in [1.807, 2.05) is 48.5 Å². The van der Waals surface area contributed by atoms with Crippen LogP contribution in [0.3, 0.4) is 0 Å². The number of benzene rings is 2. The smallest absolute Gasteiger partial charge is 0.263 e. The van der Waals surface area contributed by atoms with E-state index in [0.717, 1.165) is 34.1 Å². The second-order valence-electron chi connectivity index (χ2n) is 5.59. The molecule has 3 aromatic rings. The molecular formula is C19H16N2O3S. The summed E-state index contributed by atoms with van der Waals surface area (Å²) in [6, 6.07) is 15.7. The Bertz CT molecular complexity index is 893. The lowest BCUT2D eigenvalue weighted by Crippen LogP contribution is -2.24. The zero-order valence-corrected chi connectivity index (χ0v) is 14.2. The van der Waals surface area contributed by atoms with Crippen LogP contribution in [0, 0.1) is 0 Å². The average Bonchev–Trinajstić information content (AvgIpc) is 3.31. The first-order chi connectivity index (χ1) is 12.3. The van der Waals surface area contributed by atoms with Gasteiger partial charge in [0, 0.05) is 12.1 Å². The number of aromatic nitrogens is 1. The van der Waals surface area contributed by atoms with Crippen LogP contribution in [-0.2, 0) is 6.42 Å². The summed E-state index contributed by atoms with van der Waals surface area (Å²) in [5.41, 5.74) is 2.12. The van der Waals surface area contributed by atoms with Crippen molar-refractivity contribution in [1.29, 1.82) is 0 Å². The van der Waals surface area contributed by atoms with E-state index in [4.69, 9.17) is 9.47 Å². The third-order valence-electron chi connectivity index (χ3n) is 3.89. The molecule has 1 amide bonds. The van der Waals surface area contributed by atoms with Gasteiger partial charge in [0.05, 0.1) is 6.20 Å². The van der Waals surface area contributed by atoms with Crippen molar-refractivity contribution in [2.45, 2.75) is 6.42 Å². The van der Waals surface area contributed by atoms with Crippen molar-refractivity contribution in [3.05, 3.63) is 65.2 Å². The number of rotatable bonds is 5. The molecule has 0 aliphatic carbocycles. The van der Waals surface area contributed by atoms with Gasteiger partial charge in [-0.1, -0.05) is 36.4 Å². The SMILES string of the molecule is O=C(NCCc1ccc2c(c1)OCO2)c1cnc(-c2ccccc2)s1. The quantitative estimate of drug-likeness (QED) is 0.763. The third kappa shape index (κ3) is 3.49. The predicted octanol–water partition coefficient (Wildman–Crippen LogP) is 3.51. The van der Waals surface area contributed by atoms with Gasteiger partial charge in [0.1, 0.15) is 9.88 Å². The highest BCUT2D eigenvalue weighted by molar-refractivity contribution is 7.16. The number of carbonyl (C=O) groups excluding carboxylic acids is 1. The molecule has 0 saturated heterocycles. The van der Waals surface area contributed by atoms with Crippen LogP contribution < -0.4 is 14.8 Å². The number of thiazole rings is 1. The fourth-order valence-electron chi connectivity index (χ4n) is 2.60. The van der Waals surface area contributed by atoms with Gasteiger partial charge in [-0.05, 0) is 24.1 Å². The highest BCUT2D eigenvalue weighted by Gasteiger charge is 2.14. The molecule has 5 nitrogen and oxygen atoms in total. The van der Waals surface area contributed by atoms with Crippen LogP contribution in [-0.4, -0.2) is 24.2 Å². The summed E-state index contributed by atoms with van der Waals surface area (Å²) in [6.45, 7) is 0.821. The fourth-order valence-corrected chi connectivity index (χ4v) is 3.44. The topological polar surface area (TPSA) is 60.5 Å². The van der Waals surface area contributed by atoms with Crippen molar-refractivity contribution in [3.63, 3.8) is 0 Å². The Labute approximate surface area is 149 Å². The summed E-state index contributed by atoms with van der Waals surface area (Å²) in [5.74, 6) is 1.44. The minimum absolute atomic E-state index is 0.0968. The van der Waals surface area contributed by atoms with E-state index in [1.54, 1.807) is 6.20 Å². The molecule has 0 unspecified atom stereocenters. The van der Waals surface area contributed by atoms with Crippen LogP contribution in [0.5, 0.6) is 11.5 Å². The molecule has 25 heavy (non-hydrogen) atoms. The van der Waals surface area contributed by atoms with Crippen molar-refractivity contribution in [2.75, 3.05) is 13.3 Å². The Kier molecular flexibility index (Phi) is 4.35. The Balaban J connectivity index is 1.34. The van der Waals surface area contributed by atoms with Crippen molar-refractivity contribution >= 4 is 17.2 Å². The summed E-state index contributed by atoms with van der Waals surface area (Å²) in [5, 5.41) is 3.79. The van der Waals surface area contributed by atoms with Crippen molar-refractivity contribution < 1.29 is 14.3 Å². The number of carbonyl (C=O) groups is 1. The molecule has 2 aromatic carbocycles. The molecule has 0 radical (unpaired) electrons. The second-order valence-corrected chi connectivity index (χ2v) is 6.62. The molecule has 0 fully saturated rings. The Hall–Kier alpha value is -2.86. The van der Waals surface area contributed by atoms with Gasteiger partial charge in [-0.2, -0.15) is 0 Å². The second kappa shape index (κ2) is 6.94. The number of amides is 1. The lowest BCUT2D eigenvalue weighted by Gasteiger charge is -2.05. The van der Waals surface area contributed by atoms with E-state index in [0.29, 0.717) is 11.4 Å². The first-order valence-corrected chi connectivity index (χ1v) is 8.79. The molecule has 4 rings (SSSR count). The molecule has 1 aliphatic rings. The van der Waals surface area contributed by atoms with Crippen molar-refractivity contribution in [1.82, 2.24) is 10.3 Å². The van der Waals surface area contributed by atoms with Crippen LogP contribution in [0.1, 0.15) is 15.2 Å². The minimum atomic E-state index is -0.0968. The maximum atomic E-state index is 12.3. The van der Waals surface area contributed by atoms with E-state index in [1.165, 1.54) is 11.3 Å². The minimum Gasteiger partial charge on any atom is -0.454 e. The first kappa shape index (κ1) is 15.7. The Morgan fingerprint density at radius 3 is 2.84 bits per heavy atom. The number of fused-ring (bicyclic) bond motifs is 1. The van der Waals surface area contributed by atoms with Crippen molar-refractivity contribution in [2.24, 2.45) is 0 Å². The number of hydrogen-bond donors (Lipinski definition) is 1. The maximum Gasteiger partial charge on any atom is 0.263 e. The van der Waals surface area contributed by atoms with E-state index < -0.39 is 0 Å². The van der Waals surface area contributed by atoms with E-state index in [9.17, 15) is 4.79 Å². The Morgan fingerprint density at radius 2 is 1.96 bits per heavy atom. The molecule has 0 saturated carbocycles. The zero-order chi connectivity index (χ0) is 17.1. The molecule has 6 heteroatoms. The Morgan fingerprint density at radius 1 is 1.12 bits per heavy atom. The lowest BCUT2D eigenvalue weighted by molar-refractivity contribution is 0.0958. The number of nitrogens with one attached hydrogen (secondary N) is 1. The molecule has 0 atom stereocenters. The van der Waals surface area contributed by atoms with Gasteiger partial charge >= 0.3 is 0 Å². The maximum absolute atomic E-state index is 12.3. The fraction of sp³-hybridized carbons (Fsp3) is 0.158. The first-order valence-electron chi connectivity index (χ1n) is 7.97. The standard InChI is InChI=1S/C19H16N2O3S/c22-18(17-11-21-19(25-17)14-4-2-1-3-5-14)20-9-8-13-6-7-15-16(10-13)24-12-23-15/h1-7,10-11H,8-9,12H2,(H,20,22). The number of nitrogens with zero attached hydrogens (tertiary/aromatic N) is 1. The highest BCUT2D eigenvalue weighted by Crippen LogP contribution is 2.32. The predicted molar refractivity (Wildman–Crippen MR) is 96.2 cm³/mol. The number of hydrogen-bond acceptors (Lipinski definition) is 5. The number of ether oxygens (including phenoxy) is 2. The molecule has 2 heterocycles. The van der Waals surface area contributed by atoms with E-state index in [2.05, 4.69) is 10.3 Å². The van der Waals surface area contributed by atoms with Crippen LogP contribution in [0.4, 0.5) is 0 Å². The molecule has 1 aromatic heterocycles. The van der Waals surface area contributed by atoms with Gasteiger partial charge in [0.15, 0.2) is 11.5 Å². The summed E-state index contributed by atoms with van der Waals surface area (Å²) < 4.78 is 10.7. The summed E-state index contributed by atoms with van der Waals surface area (Å²) in [4.78, 5) is 17.2. The molecule has 0 spiro atoms. The normalized spacial score (nSPS) is 12.2. The van der Waals surface area contributed by atoms with Crippen molar-refractivity contribution in [3.8, 4) is 22.1 Å². The van der Waals surface area contributed by atoms with Gasteiger partial charge in [-0.3, -0.25) is 4.79 Å². The molecular weight excluding hydrogens is 336 g/mol. The van der Waals surface area contributed by atoms with Gasteiger partial charge < -0.3 is 14.8 Å². The van der Waals surface area contributed by atoms with E-state index in [-0.39, 0.29) is 12.7 Å². The van der Waals surface area contributed by atoms with E-state index >= 15 is 0 Å². The van der Waals surface area contributed by atoms with Crippen LogP contribution in [0.15, 0.2) is 54.7 Å². The molecule has 1 N–H and O–H groups in total. The highest BCUT2D eigenvalue weighted by atomic mass is 32.1. The van der Waals surface area contributed by atoms with Gasteiger partial charge in [0.25, 0.3) is 5.91 Å².